The molecule has 5 nitrogen and oxygen atoms in total. The SMILES string of the molecule is COc1ccc([C@H](C)CCNC(=O)[C@H]2C[C@H]2C(=O)O)cc1. The molecule has 2 N–H and O–H groups in total. The number of carboxylic acid groups (broad SMARTS) is 1. The van der Waals surface area contributed by atoms with E-state index in [0.29, 0.717) is 18.9 Å². The zero-order valence-corrected chi connectivity index (χ0v) is 12.3. The topological polar surface area (TPSA) is 75.6 Å². The van der Waals surface area contributed by atoms with E-state index in [2.05, 4.69) is 12.2 Å². The molecule has 0 saturated heterocycles. The summed E-state index contributed by atoms with van der Waals surface area (Å²) < 4.78 is 5.12. The van der Waals surface area contributed by atoms with Gasteiger partial charge in [-0.05, 0) is 36.5 Å². The summed E-state index contributed by atoms with van der Waals surface area (Å²) in [4.78, 5) is 22.4. The van der Waals surface area contributed by atoms with Crippen LogP contribution in [-0.2, 0) is 9.59 Å². The molecular weight excluding hydrogens is 270 g/mol. The van der Waals surface area contributed by atoms with Crippen molar-refractivity contribution in [3.05, 3.63) is 29.8 Å². The lowest BCUT2D eigenvalue weighted by atomic mass is 9.98. The van der Waals surface area contributed by atoms with Gasteiger partial charge in [0.1, 0.15) is 5.75 Å². The van der Waals surface area contributed by atoms with Crippen LogP contribution in [0.4, 0.5) is 0 Å². The molecule has 0 radical (unpaired) electrons. The van der Waals surface area contributed by atoms with Crippen LogP contribution in [0.15, 0.2) is 24.3 Å². The number of benzene rings is 1. The Morgan fingerprint density at radius 3 is 2.52 bits per heavy atom. The molecule has 3 atom stereocenters. The zero-order valence-electron chi connectivity index (χ0n) is 12.3. The third kappa shape index (κ3) is 3.97. The van der Waals surface area contributed by atoms with E-state index in [1.54, 1.807) is 7.11 Å². The number of carbonyl (C=O) groups is 2. The molecule has 1 amide bonds. The van der Waals surface area contributed by atoms with Gasteiger partial charge in [-0.25, -0.2) is 0 Å². The number of hydrogen-bond donors (Lipinski definition) is 2. The molecular formula is C16H21NO4. The second-order valence-corrected chi connectivity index (χ2v) is 5.54. The fraction of sp³-hybridized carbons (Fsp3) is 0.500. The van der Waals surface area contributed by atoms with Gasteiger partial charge in [-0.2, -0.15) is 0 Å². The molecule has 114 valence electrons. The van der Waals surface area contributed by atoms with E-state index >= 15 is 0 Å². The van der Waals surface area contributed by atoms with Crippen molar-refractivity contribution < 1.29 is 19.4 Å². The number of aliphatic carboxylic acids is 1. The van der Waals surface area contributed by atoms with Crippen molar-refractivity contribution in [3.8, 4) is 5.75 Å². The smallest absolute Gasteiger partial charge is 0.307 e. The second-order valence-electron chi connectivity index (χ2n) is 5.54. The van der Waals surface area contributed by atoms with Gasteiger partial charge in [-0.15, -0.1) is 0 Å². The lowest BCUT2D eigenvalue weighted by molar-refractivity contribution is -0.140. The maximum atomic E-state index is 11.7. The van der Waals surface area contributed by atoms with Crippen molar-refractivity contribution in [2.24, 2.45) is 11.8 Å². The number of nitrogens with one attached hydrogen (secondary N) is 1. The van der Waals surface area contributed by atoms with Crippen LogP contribution in [0.2, 0.25) is 0 Å². The molecule has 2 rings (SSSR count). The lowest BCUT2D eigenvalue weighted by Crippen LogP contribution is -2.28. The molecule has 0 bridgehead atoms. The first-order valence-electron chi connectivity index (χ1n) is 7.17. The quantitative estimate of drug-likeness (QED) is 0.806. The number of ether oxygens (including phenoxy) is 1. The molecule has 0 heterocycles. The zero-order chi connectivity index (χ0) is 15.4. The molecule has 5 heteroatoms. The monoisotopic (exact) mass is 291 g/mol. The van der Waals surface area contributed by atoms with Gasteiger partial charge >= 0.3 is 5.97 Å². The summed E-state index contributed by atoms with van der Waals surface area (Å²) in [6.45, 7) is 2.67. The van der Waals surface area contributed by atoms with Gasteiger partial charge in [-0.3, -0.25) is 9.59 Å². The highest BCUT2D eigenvalue weighted by Gasteiger charge is 2.48. The number of amides is 1. The second kappa shape index (κ2) is 6.61. The van der Waals surface area contributed by atoms with Crippen LogP contribution >= 0.6 is 0 Å². The summed E-state index contributed by atoms with van der Waals surface area (Å²) in [5, 5.41) is 11.6. The Labute approximate surface area is 124 Å². The Bertz CT molecular complexity index is 512. The molecule has 21 heavy (non-hydrogen) atoms. The van der Waals surface area contributed by atoms with Crippen molar-refractivity contribution in [1.82, 2.24) is 5.32 Å². The predicted octanol–water partition coefficient (Wildman–Crippen LogP) is 2.03. The highest BCUT2D eigenvalue weighted by Crippen LogP contribution is 2.38. The summed E-state index contributed by atoms with van der Waals surface area (Å²) in [5.74, 6) is -0.674. The van der Waals surface area contributed by atoms with Crippen LogP contribution < -0.4 is 10.1 Å². The van der Waals surface area contributed by atoms with Crippen LogP contribution in [0, 0.1) is 11.8 Å². The average molecular weight is 291 g/mol. The maximum absolute atomic E-state index is 11.7. The first kappa shape index (κ1) is 15.4. The molecule has 0 unspecified atom stereocenters. The van der Waals surface area contributed by atoms with Gasteiger partial charge in [0.05, 0.1) is 18.9 Å². The van der Waals surface area contributed by atoms with Gasteiger partial charge in [0.25, 0.3) is 0 Å². The van der Waals surface area contributed by atoms with E-state index in [0.717, 1.165) is 12.2 Å². The summed E-state index contributed by atoms with van der Waals surface area (Å²) in [6.07, 6.45) is 1.29. The summed E-state index contributed by atoms with van der Waals surface area (Å²) in [7, 11) is 1.64. The molecule has 1 aliphatic rings. The van der Waals surface area contributed by atoms with Gasteiger partial charge < -0.3 is 15.2 Å². The molecule has 0 aromatic heterocycles. The highest BCUT2D eigenvalue weighted by molar-refractivity contribution is 5.89. The Morgan fingerprint density at radius 2 is 2.00 bits per heavy atom. The lowest BCUT2D eigenvalue weighted by Gasteiger charge is -2.13. The van der Waals surface area contributed by atoms with Crippen LogP contribution in [-0.4, -0.2) is 30.6 Å². The van der Waals surface area contributed by atoms with Gasteiger partial charge in [0.2, 0.25) is 5.91 Å². The molecule has 1 saturated carbocycles. The van der Waals surface area contributed by atoms with Crippen molar-refractivity contribution >= 4 is 11.9 Å². The van der Waals surface area contributed by atoms with Gasteiger partial charge in [0, 0.05) is 6.54 Å². The molecule has 0 aliphatic heterocycles. The summed E-state index contributed by atoms with van der Waals surface area (Å²) in [5.41, 5.74) is 1.19. The minimum atomic E-state index is -0.873. The predicted molar refractivity (Wildman–Crippen MR) is 78.3 cm³/mol. The Balaban J connectivity index is 1.73. The van der Waals surface area contributed by atoms with Gasteiger partial charge in [-0.1, -0.05) is 19.1 Å². The minimum Gasteiger partial charge on any atom is -0.497 e. The Morgan fingerprint density at radius 1 is 1.33 bits per heavy atom. The molecule has 0 spiro atoms. The minimum absolute atomic E-state index is 0.135. The number of hydrogen-bond acceptors (Lipinski definition) is 3. The van der Waals surface area contributed by atoms with Crippen molar-refractivity contribution in [1.29, 1.82) is 0 Å². The van der Waals surface area contributed by atoms with E-state index in [1.165, 1.54) is 5.56 Å². The van der Waals surface area contributed by atoms with Crippen molar-refractivity contribution in [2.75, 3.05) is 13.7 Å². The largest absolute Gasteiger partial charge is 0.497 e. The molecule has 1 fully saturated rings. The van der Waals surface area contributed by atoms with E-state index in [1.807, 2.05) is 24.3 Å². The number of carbonyl (C=O) groups excluding carboxylic acids is 1. The molecule has 1 aromatic carbocycles. The van der Waals surface area contributed by atoms with Gasteiger partial charge in [0.15, 0.2) is 0 Å². The third-order valence-corrected chi connectivity index (χ3v) is 4.01. The highest BCUT2D eigenvalue weighted by atomic mass is 16.5. The number of rotatable bonds is 7. The fourth-order valence-electron chi connectivity index (χ4n) is 2.40. The van der Waals surface area contributed by atoms with E-state index in [4.69, 9.17) is 9.84 Å². The maximum Gasteiger partial charge on any atom is 0.307 e. The fourth-order valence-corrected chi connectivity index (χ4v) is 2.40. The number of carboxylic acids is 1. The summed E-state index contributed by atoms with van der Waals surface area (Å²) >= 11 is 0. The van der Waals surface area contributed by atoms with E-state index < -0.39 is 11.9 Å². The van der Waals surface area contributed by atoms with Crippen LogP contribution in [0.25, 0.3) is 0 Å². The van der Waals surface area contributed by atoms with Crippen molar-refractivity contribution in [2.45, 2.75) is 25.7 Å². The Hall–Kier alpha value is -2.04. The standard InChI is InChI=1S/C16H21NO4/c1-10(11-3-5-12(21-2)6-4-11)7-8-17-15(18)13-9-14(13)16(19)20/h3-6,10,13-14H,7-9H2,1-2H3,(H,17,18)(H,19,20)/t10-,13+,14-/m1/s1. The molecule has 1 aliphatic carbocycles. The third-order valence-electron chi connectivity index (χ3n) is 4.01. The van der Waals surface area contributed by atoms with E-state index in [-0.39, 0.29) is 11.8 Å². The first-order chi connectivity index (χ1) is 10.0. The van der Waals surface area contributed by atoms with Crippen LogP contribution in [0.5, 0.6) is 5.75 Å². The van der Waals surface area contributed by atoms with Crippen LogP contribution in [0.3, 0.4) is 0 Å². The van der Waals surface area contributed by atoms with E-state index in [9.17, 15) is 9.59 Å². The number of methoxy groups -OCH3 is 1. The van der Waals surface area contributed by atoms with Crippen LogP contribution in [0.1, 0.15) is 31.2 Å². The first-order valence-corrected chi connectivity index (χ1v) is 7.17. The molecule has 1 aromatic rings. The average Bonchev–Trinajstić information content (AvgIpc) is 3.28. The summed E-state index contributed by atoms with van der Waals surface area (Å²) in [6, 6.07) is 7.89. The normalized spacial score (nSPS) is 21.4. The van der Waals surface area contributed by atoms with Crippen molar-refractivity contribution in [3.63, 3.8) is 0 Å². The Kier molecular flexibility index (Phi) is 4.83.